The van der Waals surface area contributed by atoms with Crippen molar-refractivity contribution >= 4 is 16.8 Å². The van der Waals surface area contributed by atoms with Crippen LogP contribution in [0.3, 0.4) is 0 Å². The first-order valence-electron chi connectivity index (χ1n) is 9.63. The summed E-state index contributed by atoms with van der Waals surface area (Å²) in [6, 6.07) is 15.4. The van der Waals surface area contributed by atoms with Crippen molar-refractivity contribution in [1.82, 2.24) is 19.8 Å². The zero-order valence-electron chi connectivity index (χ0n) is 16.0. The van der Waals surface area contributed by atoms with Gasteiger partial charge in [-0.2, -0.15) is 0 Å². The minimum atomic E-state index is -0.104. The highest BCUT2D eigenvalue weighted by atomic mass is 16.2. The summed E-state index contributed by atoms with van der Waals surface area (Å²) >= 11 is 0. The molecule has 3 aromatic rings. The fourth-order valence-electron chi connectivity index (χ4n) is 3.66. The van der Waals surface area contributed by atoms with Crippen LogP contribution in [0.5, 0.6) is 0 Å². The van der Waals surface area contributed by atoms with Crippen LogP contribution in [0.1, 0.15) is 17.0 Å². The average molecular weight is 376 g/mol. The number of aromatic nitrogens is 2. The molecule has 1 fully saturated rings. The summed E-state index contributed by atoms with van der Waals surface area (Å²) in [7, 11) is 0. The largest absolute Gasteiger partial charge is 0.340 e. The third-order valence-electron chi connectivity index (χ3n) is 5.36. The number of nitrogens with zero attached hydrogens (tertiary/aromatic N) is 3. The number of aryl methyl sites for hydroxylation is 1. The van der Waals surface area contributed by atoms with Gasteiger partial charge in [-0.1, -0.05) is 36.4 Å². The molecule has 1 saturated heterocycles. The highest BCUT2D eigenvalue weighted by molar-refractivity contribution is 5.79. The number of amides is 1. The van der Waals surface area contributed by atoms with Crippen molar-refractivity contribution in [3.05, 3.63) is 75.8 Å². The third kappa shape index (κ3) is 3.97. The molecular formula is C22H24N4O2. The molecule has 6 nitrogen and oxygen atoms in total. The molecule has 1 amide bonds. The van der Waals surface area contributed by atoms with Crippen molar-refractivity contribution in [3.8, 4) is 0 Å². The number of rotatable bonds is 4. The van der Waals surface area contributed by atoms with Crippen molar-refractivity contribution in [2.45, 2.75) is 19.9 Å². The first kappa shape index (κ1) is 18.4. The summed E-state index contributed by atoms with van der Waals surface area (Å²) < 4.78 is 0. The van der Waals surface area contributed by atoms with E-state index in [0.29, 0.717) is 42.8 Å². The number of aromatic amines is 1. The maximum atomic E-state index is 12.6. The lowest BCUT2D eigenvalue weighted by molar-refractivity contribution is -0.132. The first-order valence-corrected chi connectivity index (χ1v) is 9.63. The van der Waals surface area contributed by atoms with Crippen LogP contribution in [0.2, 0.25) is 0 Å². The van der Waals surface area contributed by atoms with Crippen LogP contribution >= 0.6 is 0 Å². The van der Waals surface area contributed by atoms with Gasteiger partial charge in [-0.3, -0.25) is 14.5 Å². The lowest BCUT2D eigenvalue weighted by atomic mass is 10.1. The van der Waals surface area contributed by atoms with E-state index in [1.165, 1.54) is 0 Å². The van der Waals surface area contributed by atoms with E-state index in [1.54, 1.807) is 6.07 Å². The Balaban J connectivity index is 1.36. The number of carbonyl (C=O) groups is 1. The van der Waals surface area contributed by atoms with Crippen LogP contribution in [0, 0.1) is 6.92 Å². The van der Waals surface area contributed by atoms with E-state index in [0.717, 1.165) is 24.2 Å². The fraction of sp³-hybridized carbons (Fsp3) is 0.318. The van der Waals surface area contributed by atoms with E-state index in [2.05, 4.69) is 14.9 Å². The number of fused-ring (bicyclic) bond motifs is 1. The molecule has 0 aliphatic carbocycles. The van der Waals surface area contributed by atoms with Crippen molar-refractivity contribution in [1.29, 1.82) is 0 Å². The number of para-hydroxylation sites is 1. The molecule has 6 heteroatoms. The summed E-state index contributed by atoms with van der Waals surface area (Å²) in [5.41, 5.74) is 2.86. The van der Waals surface area contributed by atoms with E-state index in [9.17, 15) is 9.59 Å². The fourth-order valence-corrected chi connectivity index (χ4v) is 3.66. The quantitative estimate of drug-likeness (QED) is 0.757. The van der Waals surface area contributed by atoms with E-state index in [-0.39, 0.29) is 11.5 Å². The summed E-state index contributed by atoms with van der Waals surface area (Å²) in [4.78, 5) is 36.5. The number of carbonyl (C=O) groups excluding carboxylic acids is 1. The molecule has 0 unspecified atom stereocenters. The van der Waals surface area contributed by atoms with Gasteiger partial charge in [0.2, 0.25) is 5.91 Å². The maximum Gasteiger partial charge on any atom is 0.258 e. The second-order valence-electron chi connectivity index (χ2n) is 7.29. The van der Waals surface area contributed by atoms with Gasteiger partial charge in [0.05, 0.1) is 23.9 Å². The highest BCUT2D eigenvalue weighted by Gasteiger charge is 2.22. The van der Waals surface area contributed by atoms with E-state index in [1.807, 2.05) is 54.3 Å². The average Bonchev–Trinajstić information content (AvgIpc) is 2.70. The molecule has 144 valence electrons. The van der Waals surface area contributed by atoms with Gasteiger partial charge in [-0.15, -0.1) is 0 Å². The molecule has 28 heavy (non-hydrogen) atoms. The highest BCUT2D eigenvalue weighted by Crippen LogP contribution is 2.12. The molecule has 1 aromatic heterocycles. The van der Waals surface area contributed by atoms with Gasteiger partial charge in [-0.05, 0) is 30.2 Å². The maximum absolute atomic E-state index is 12.6. The second kappa shape index (κ2) is 7.94. The van der Waals surface area contributed by atoms with E-state index >= 15 is 0 Å². The number of hydrogen-bond donors (Lipinski definition) is 1. The topological polar surface area (TPSA) is 69.3 Å². The predicted molar refractivity (Wildman–Crippen MR) is 109 cm³/mol. The smallest absolute Gasteiger partial charge is 0.258 e. The number of H-pyrrole nitrogens is 1. The Labute approximate surface area is 163 Å². The van der Waals surface area contributed by atoms with Gasteiger partial charge < -0.3 is 9.88 Å². The summed E-state index contributed by atoms with van der Waals surface area (Å²) in [5, 5.41) is 0.609. The molecule has 1 aliphatic rings. The third-order valence-corrected chi connectivity index (χ3v) is 5.36. The Hall–Kier alpha value is -2.99. The summed E-state index contributed by atoms with van der Waals surface area (Å²) in [5.74, 6) is 0.842. The van der Waals surface area contributed by atoms with Crippen molar-refractivity contribution < 1.29 is 4.79 Å². The molecule has 0 spiro atoms. The molecule has 1 aliphatic heterocycles. The summed E-state index contributed by atoms with van der Waals surface area (Å²) in [6.45, 7) is 5.56. The van der Waals surface area contributed by atoms with E-state index in [4.69, 9.17) is 0 Å². The zero-order chi connectivity index (χ0) is 19.5. The molecule has 2 heterocycles. The summed E-state index contributed by atoms with van der Waals surface area (Å²) in [6.07, 6.45) is 0.451. The van der Waals surface area contributed by atoms with Crippen LogP contribution in [-0.2, 0) is 17.8 Å². The van der Waals surface area contributed by atoms with Crippen molar-refractivity contribution in [2.75, 3.05) is 26.2 Å². The molecule has 4 rings (SSSR count). The lowest BCUT2D eigenvalue weighted by Crippen LogP contribution is -2.49. The Morgan fingerprint density at radius 2 is 1.75 bits per heavy atom. The number of nitrogens with one attached hydrogen (secondary N) is 1. The first-order chi connectivity index (χ1) is 13.6. The Morgan fingerprint density at radius 3 is 2.54 bits per heavy atom. The minimum Gasteiger partial charge on any atom is -0.340 e. The van der Waals surface area contributed by atoms with Gasteiger partial charge in [0, 0.05) is 26.2 Å². The Kier molecular flexibility index (Phi) is 5.21. The molecule has 0 bridgehead atoms. The second-order valence-corrected chi connectivity index (χ2v) is 7.29. The molecule has 1 N–H and O–H groups in total. The van der Waals surface area contributed by atoms with Crippen LogP contribution in [0.15, 0.2) is 53.3 Å². The standard InChI is InChI=1S/C22H24N4O2/c1-16-6-2-3-7-17(16)14-21(27)26-12-10-25(11-13-26)15-20-23-19-9-5-4-8-18(19)22(28)24-20/h2-9H,10-15H2,1H3,(H,23,24,28). The molecule has 2 aromatic carbocycles. The van der Waals surface area contributed by atoms with Crippen molar-refractivity contribution in [2.24, 2.45) is 0 Å². The molecule has 0 saturated carbocycles. The number of piperazine rings is 1. The van der Waals surface area contributed by atoms with Crippen molar-refractivity contribution in [3.63, 3.8) is 0 Å². The zero-order valence-corrected chi connectivity index (χ0v) is 16.0. The van der Waals surface area contributed by atoms with Crippen LogP contribution in [0.4, 0.5) is 0 Å². The van der Waals surface area contributed by atoms with Gasteiger partial charge in [0.1, 0.15) is 5.82 Å². The minimum absolute atomic E-state index is 0.104. The number of hydrogen-bond acceptors (Lipinski definition) is 4. The van der Waals surface area contributed by atoms with E-state index < -0.39 is 0 Å². The van der Waals surface area contributed by atoms with Gasteiger partial charge in [-0.25, -0.2) is 4.98 Å². The molecular weight excluding hydrogens is 352 g/mol. The normalized spacial score (nSPS) is 15.1. The Morgan fingerprint density at radius 1 is 1.04 bits per heavy atom. The molecule has 0 atom stereocenters. The molecule has 0 radical (unpaired) electrons. The van der Waals surface area contributed by atoms with Gasteiger partial charge in [0.25, 0.3) is 5.56 Å². The Bertz CT molecular complexity index is 1050. The monoisotopic (exact) mass is 376 g/mol. The van der Waals surface area contributed by atoms with Crippen LogP contribution < -0.4 is 5.56 Å². The lowest BCUT2D eigenvalue weighted by Gasteiger charge is -2.34. The van der Waals surface area contributed by atoms with Gasteiger partial charge >= 0.3 is 0 Å². The van der Waals surface area contributed by atoms with Gasteiger partial charge in [0.15, 0.2) is 0 Å². The number of benzene rings is 2. The van der Waals surface area contributed by atoms with Crippen LogP contribution in [-0.4, -0.2) is 51.9 Å². The SMILES string of the molecule is Cc1ccccc1CC(=O)N1CCN(Cc2nc3ccccc3c(=O)[nH]2)CC1. The predicted octanol–water partition coefficient (Wildman–Crippen LogP) is 2.12. The van der Waals surface area contributed by atoms with Crippen LogP contribution in [0.25, 0.3) is 10.9 Å².